The van der Waals surface area contributed by atoms with Crippen LogP contribution in [0.15, 0.2) is 30.5 Å². The van der Waals surface area contributed by atoms with Gasteiger partial charge in [0, 0.05) is 30.7 Å². The zero-order valence-electron chi connectivity index (χ0n) is 17.3. The number of ether oxygens (including phenoxy) is 2. The quantitative estimate of drug-likeness (QED) is 0.565. The molecular weight excluding hydrogens is 372 g/mol. The normalized spacial score (nSPS) is 15.4. The van der Waals surface area contributed by atoms with Crippen molar-refractivity contribution in [3.63, 3.8) is 0 Å². The van der Waals surface area contributed by atoms with Crippen LogP contribution in [0.25, 0.3) is 10.8 Å². The molecule has 29 heavy (non-hydrogen) atoms. The molecule has 1 aliphatic heterocycles. The summed E-state index contributed by atoms with van der Waals surface area (Å²) in [7, 11) is 0. The minimum Gasteiger partial charge on any atom is -0.491 e. The van der Waals surface area contributed by atoms with Gasteiger partial charge in [-0.1, -0.05) is 0 Å². The Balaban J connectivity index is 1.60. The van der Waals surface area contributed by atoms with Crippen molar-refractivity contribution in [1.82, 2.24) is 9.88 Å². The fourth-order valence-electron chi connectivity index (χ4n) is 3.29. The first-order valence-electron chi connectivity index (χ1n) is 9.93. The van der Waals surface area contributed by atoms with Gasteiger partial charge in [0.05, 0.1) is 0 Å². The van der Waals surface area contributed by atoms with Crippen molar-refractivity contribution in [1.29, 1.82) is 0 Å². The van der Waals surface area contributed by atoms with Crippen molar-refractivity contribution in [3.8, 4) is 5.75 Å². The van der Waals surface area contributed by atoms with Gasteiger partial charge in [-0.15, -0.1) is 0 Å². The largest absolute Gasteiger partial charge is 0.491 e. The fraction of sp³-hybridized carbons (Fsp3) is 0.524. The maximum Gasteiger partial charge on any atom is 0.410 e. The van der Waals surface area contributed by atoms with Gasteiger partial charge in [0.2, 0.25) is 0 Å². The van der Waals surface area contributed by atoms with Crippen LogP contribution >= 0.6 is 0 Å². The summed E-state index contributed by atoms with van der Waals surface area (Å²) in [5.74, 6) is 6.62. The summed E-state index contributed by atoms with van der Waals surface area (Å²) in [6.45, 7) is 7.71. The first-order chi connectivity index (χ1) is 13.9. The Morgan fingerprint density at radius 3 is 2.69 bits per heavy atom. The van der Waals surface area contributed by atoms with Gasteiger partial charge in [0.25, 0.3) is 0 Å². The van der Waals surface area contributed by atoms with E-state index in [0.29, 0.717) is 26.3 Å². The van der Waals surface area contributed by atoms with E-state index in [1.807, 2.05) is 45.0 Å². The lowest BCUT2D eigenvalue weighted by Gasteiger charge is -2.34. The van der Waals surface area contributed by atoms with Crippen molar-refractivity contribution in [2.24, 2.45) is 5.90 Å². The molecule has 2 heterocycles. The Hall–Kier alpha value is -2.58. The molecule has 1 fully saturated rings. The Bertz CT molecular complexity index is 829. The van der Waals surface area contributed by atoms with Gasteiger partial charge in [-0.25, -0.2) is 15.7 Å². The van der Waals surface area contributed by atoms with Crippen molar-refractivity contribution >= 4 is 22.7 Å². The van der Waals surface area contributed by atoms with E-state index >= 15 is 0 Å². The van der Waals surface area contributed by atoms with Crippen molar-refractivity contribution in [3.05, 3.63) is 30.5 Å². The number of nitrogens with two attached hydrogens (primary N) is 1. The number of pyridine rings is 1. The van der Waals surface area contributed by atoms with E-state index in [2.05, 4.69) is 15.1 Å². The highest BCUT2D eigenvalue weighted by Gasteiger charge is 2.27. The second kappa shape index (κ2) is 9.28. The summed E-state index contributed by atoms with van der Waals surface area (Å²) >= 11 is 0. The number of hydrogen-bond donors (Lipinski definition) is 2. The van der Waals surface area contributed by atoms with Gasteiger partial charge in [-0.05, 0) is 63.3 Å². The van der Waals surface area contributed by atoms with Gasteiger partial charge in [-0.3, -0.25) is 0 Å². The van der Waals surface area contributed by atoms with E-state index in [1.165, 1.54) is 0 Å². The molecule has 8 heteroatoms. The summed E-state index contributed by atoms with van der Waals surface area (Å²) in [4.78, 5) is 23.0. The SMILES string of the molecule is CC(C)(C)OC(=O)N1CCC(Nc2nccc3cc(OCCON)ccc23)CC1. The second-order valence-electron chi connectivity index (χ2n) is 8.15. The molecule has 1 saturated heterocycles. The molecule has 0 spiro atoms. The highest BCUT2D eigenvalue weighted by molar-refractivity contribution is 5.92. The number of likely N-dealkylation sites (tertiary alicyclic amines) is 1. The second-order valence-corrected chi connectivity index (χ2v) is 8.15. The molecule has 158 valence electrons. The fourth-order valence-corrected chi connectivity index (χ4v) is 3.29. The van der Waals surface area contributed by atoms with Crippen molar-refractivity contribution in [2.45, 2.75) is 45.3 Å². The van der Waals surface area contributed by atoms with Gasteiger partial charge in [-0.2, -0.15) is 0 Å². The number of anilines is 1. The van der Waals surface area contributed by atoms with Crippen LogP contribution in [0.5, 0.6) is 5.75 Å². The minimum absolute atomic E-state index is 0.244. The molecule has 0 atom stereocenters. The summed E-state index contributed by atoms with van der Waals surface area (Å²) in [5.41, 5.74) is -0.473. The molecule has 3 rings (SSSR count). The third-order valence-electron chi connectivity index (χ3n) is 4.69. The van der Waals surface area contributed by atoms with Crippen LogP contribution in [0.4, 0.5) is 10.6 Å². The van der Waals surface area contributed by atoms with Crippen molar-refractivity contribution in [2.75, 3.05) is 31.6 Å². The topological polar surface area (TPSA) is 98.9 Å². The number of nitrogens with one attached hydrogen (secondary N) is 1. The summed E-state index contributed by atoms with van der Waals surface area (Å²) in [6, 6.07) is 8.10. The molecule has 0 unspecified atom stereocenters. The Kier molecular flexibility index (Phi) is 6.76. The smallest absolute Gasteiger partial charge is 0.410 e. The molecule has 0 bridgehead atoms. The van der Waals surface area contributed by atoms with Crippen LogP contribution in [0.3, 0.4) is 0 Å². The minimum atomic E-state index is -0.473. The lowest BCUT2D eigenvalue weighted by atomic mass is 10.0. The lowest BCUT2D eigenvalue weighted by molar-refractivity contribution is 0.0210. The van der Waals surface area contributed by atoms with Gasteiger partial charge in [0.1, 0.15) is 30.4 Å². The molecule has 3 N–H and O–H groups in total. The van der Waals surface area contributed by atoms with Crippen LogP contribution in [0, 0.1) is 0 Å². The van der Waals surface area contributed by atoms with E-state index in [-0.39, 0.29) is 12.1 Å². The van der Waals surface area contributed by atoms with Gasteiger partial charge < -0.3 is 24.5 Å². The zero-order valence-corrected chi connectivity index (χ0v) is 17.3. The number of rotatable bonds is 6. The number of amides is 1. The highest BCUT2D eigenvalue weighted by atomic mass is 16.6. The molecule has 0 aliphatic carbocycles. The molecule has 1 amide bonds. The first-order valence-corrected chi connectivity index (χ1v) is 9.93. The summed E-state index contributed by atoms with van der Waals surface area (Å²) < 4.78 is 11.1. The van der Waals surface area contributed by atoms with Crippen molar-refractivity contribution < 1.29 is 19.1 Å². The molecule has 0 saturated carbocycles. The predicted octanol–water partition coefficient (Wildman–Crippen LogP) is 3.32. The third-order valence-corrected chi connectivity index (χ3v) is 4.69. The number of aromatic nitrogens is 1. The molecule has 1 aromatic heterocycles. The van der Waals surface area contributed by atoms with E-state index in [0.717, 1.165) is 35.2 Å². The lowest BCUT2D eigenvalue weighted by Crippen LogP contribution is -2.44. The van der Waals surface area contributed by atoms with Crippen LogP contribution in [0.1, 0.15) is 33.6 Å². The number of fused-ring (bicyclic) bond motifs is 1. The highest BCUT2D eigenvalue weighted by Crippen LogP contribution is 2.27. The van der Waals surface area contributed by atoms with E-state index in [9.17, 15) is 4.79 Å². The third kappa shape index (κ3) is 5.95. The predicted molar refractivity (Wildman–Crippen MR) is 112 cm³/mol. The standard InChI is InChI=1S/C21H30N4O4/c1-21(2,3)29-20(26)25-10-7-16(8-11-25)24-19-18-5-4-17(27-12-13-28-22)14-15(18)6-9-23-19/h4-6,9,14,16H,7-8,10-13,22H2,1-3H3,(H,23,24). The van der Waals surface area contributed by atoms with E-state index in [1.54, 1.807) is 11.1 Å². The molecule has 1 aromatic carbocycles. The maximum atomic E-state index is 12.2. The number of carbonyl (C=O) groups excluding carboxylic acids is 1. The monoisotopic (exact) mass is 402 g/mol. The number of benzene rings is 1. The van der Waals surface area contributed by atoms with Gasteiger partial charge >= 0.3 is 6.09 Å². The molecular formula is C21H30N4O4. The summed E-state index contributed by atoms with van der Waals surface area (Å²) in [6.07, 6.45) is 3.23. The first kappa shape index (κ1) is 21.1. The number of hydrogen-bond acceptors (Lipinski definition) is 7. The zero-order chi connectivity index (χ0) is 20.9. The van der Waals surface area contributed by atoms with Crippen LogP contribution in [-0.2, 0) is 9.57 Å². The average Bonchev–Trinajstić information content (AvgIpc) is 2.67. The van der Waals surface area contributed by atoms with E-state index in [4.69, 9.17) is 15.4 Å². The summed E-state index contributed by atoms with van der Waals surface area (Å²) in [5, 5.41) is 5.61. The van der Waals surface area contributed by atoms with Gasteiger partial charge in [0.15, 0.2) is 0 Å². The average molecular weight is 402 g/mol. The van der Waals surface area contributed by atoms with Crippen LogP contribution in [-0.4, -0.2) is 53.9 Å². The Morgan fingerprint density at radius 1 is 1.24 bits per heavy atom. The number of carbonyl (C=O) groups is 1. The molecule has 0 radical (unpaired) electrons. The molecule has 8 nitrogen and oxygen atoms in total. The van der Waals surface area contributed by atoms with Crippen LogP contribution < -0.4 is 16.0 Å². The number of piperidine rings is 1. The molecule has 1 aliphatic rings. The maximum absolute atomic E-state index is 12.2. The van der Waals surface area contributed by atoms with E-state index < -0.39 is 5.60 Å². The number of nitrogens with zero attached hydrogens (tertiary/aromatic N) is 2. The Morgan fingerprint density at radius 2 is 2.00 bits per heavy atom. The Labute approximate surface area is 171 Å². The molecule has 2 aromatic rings. The van der Waals surface area contributed by atoms with Crippen LogP contribution in [0.2, 0.25) is 0 Å².